The largest absolute Gasteiger partial charge is 0.0619 e. The minimum atomic E-state index is 0.0315. The molecule has 0 aliphatic heterocycles. The third-order valence-electron chi connectivity index (χ3n) is 7.50. The lowest BCUT2D eigenvalue weighted by Crippen LogP contribution is -2.15. The van der Waals surface area contributed by atoms with Crippen molar-refractivity contribution in [2.24, 2.45) is 0 Å². The summed E-state index contributed by atoms with van der Waals surface area (Å²) in [5.74, 6) is 0. The van der Waals surface area contributed by atoms with Crippen molar-refractivity contribution in [3.05, 3.63) is 106 Å². The first kappa shape index (κ1) is 15.8. The van der Waals surface area contributed by atoms with Crippen LogP contribution >= 0.6 is 0 Å². The Balaban J connectivity index is 1.47. The molecule has 0 saturated heterocycles. The van der Waals surface area contributed by atoms with Crippen molar-refractivity contribution in [1.82, 2.24) is 0 Å². The molecule has 0 aromatic heterocycles. The third kappa shape index (κ3) is 1.90. The van der Waals surface area contributed by atoms with Gasteiger partial charge in [0, 0.05) is 5.41 Å². The van der Waals surface area contributed by atoms with E-state index in [4.69, 9.17) is 0 Å². The maximum absolute atomic E-state index is 2.50. The van der Waals surface area contributed by atoms with Crippen LogP contribution < -0.4 is 0 Å². The van der Waals surface area contributed by atoms with Crippen LogP contribution in [0.1, 0.15) is 47.2 Å². The van der Waals surface area contributed by atoms with Gasteiger partial charge in [-0.05, 0) is 104 Å². The van der Waals surface area contributed by atoms with Crippen LogP contribution in [0, 0.1) is 0 Å². The molecule has 0 atom stereocenters. The highest BCUT2D eigenvalue weighted by Gasteiger charge is 2.38. The maximum atomic E-state index is 2.50. The van der Waals surface area contributed by atoms with Gasteiger partial charge in [-0.2, -0.15) is 0 Å². The second kappa shape index (κ2) is 5.07. The summed E-state index contributed by atoms with van der Waals surface area (Å²) in [7, 11) is 0. The fourth-order valence-corrected chi connectivity index (χ4v) is 5.99. The zero-order valence-corrected chi connectivity index (χ0v) is 16.8. The fraction of sp³-hybridized carbons (Fsp3) is 0.172. The summed E-state index contributed by atoms with van der Waals surface area (Å²) in [6, 6.07) is 27.8. The van der Waals surface area contributed by atoms with Crippen LogP contribution in [0.4, 0.5) is 0 Å². The first-order valence-electron chi connectivity index (χ1n) is 10.6. The zero-order valence-electron chi connectivity index (χ0n) is 16.8. The van der Waals surface area contributed by atoms with Crippen LogP contribution in [0.25, 0.3) is 33.4 Å². The average molecular weight is 370 g/mol. The molecule has 0 heteroatoms. The molecule has 0 unspecified atom stereocenters. The Kier molecular flexibility index (Phi) is 2.76. The van der Waals surface area contributed by atoms with Crippen molar-refractivity contribution in [2.45, 2.75) is 32.1 Å². The van der Waals surface area contributed by atoms with Gasteiger partial charge in [0.1, 0.15) is 0 Å². The summed E-state index contributed by atoms with van der Waals surface area (Å²) in [5, 5.41) is 0. The summed E-state index contributed by atoms with van der Waals surface area (Å²) in [5.41, 5.74) is 17.5. The van der Waals surface area contributed by atoms with Crippen molar-refractivity contribution < 1.29 is 0 Å². The molecule has 29 heavy (non-hydrogen) atoms. The topological polar surface area (TPSA) is 0 Å². The molecular weight excluding hydrogens is 348 g/mol. The fourth-order valence-electron chi connectivity index (χ4n) is 5.99. The maximum Gasteiger partial charge on any atom is 0.0159 e. The predicted molar refractivity (Wildman–Crippen MR) is 120 cm³/mol. The Labute approximate surface area is 171 Å². The molecule has 0 radical (unpaired) electrons. The molecule has 0 fully saturated rings. The highest BCUT2D eigenvalue weighted by atomic mass is 14.4. The smallest absolute Gasteiger partial charge is 0.0159 e. The lowest BCUT2D eigenvalue weighted by atomic mass is 9.80. The van der Waals surface area contributed by atoms with Crippen molar-refractivity contribution in [3.8, 4) is 33.4 Å². The number of hydrogen-bond donors (Lipinski definition) is 0. The second-order valence-electron chi connectivity index (χ2n) is 9.40. The average Bonchev–Trinajstić information content (AvgIpc) is 3.34. The van der Waals surface area contributed by atoms with Crippen LogP contribution in [0.2, 0.25) is 0 Å². The van der Waals surface area contributed by atoms with Gasteiger partial charge >= 0.3 is 0 Å². The zero-order chi connectivity index (χ0) is 19.3. The molecule has 4 aromatic rings. The monoisotopic (exact) mass is 370 g/mol. The lowest BCUT2D eigenvalue weighted by Gasteiger charge is -2.23. The molecule has 0 N–H and O–H groups in total. The Hall–Kier alpha value is -3.12. The van der Waals surface area contributed by atoms with Gasteiger partial charge in [-0.1, -0.05) is 62.4 Å². The number of hydrogen-bond acceptors (Lipinski definition) is 0. The van der Waals surface area contributed by atoms with Crippen molar-refractivity contribution in [3.63, 3.8) is 0 Å². The molecule has 0 amide bonds. The Morgan fingerprint density at radius 1 is 0.483 bits per heavy atom. The van der Waals surface area contributed by atoms with Gasteiger partial charge in [0.05, 0.1) is 0 Å². The lowest BCUT2D eigenvalue weighted by molar-refractivity contribution is 0.660. The summed E-state index contributed by atoms with van der Waals surface area (Å²) in [6.45, 7) is 4.80. The van der Waals surface area contributed by atoms with E-state index in [0.717, 1.165) is 12.8 Å². The van der Waals surface area contributed by atoms with Gasteiger partial charge in [0.2, 0.25) is 0 Å². The van der Waals surface area contributed by atoms with Gasteiger partial charge in [-0.15, -0.1) is 0 Å². The number of fused-ring (bicyclic) bond motifs is 9. The highest BCUT2D eigenvalue weighted by Crippen LogP contribution is 2.54. The quantitative estimate of drug-likeness (QED) is 0.267. The molecule has 3 aliphatic carbocycles. The van der Waals surface area contributed by atoms with Crippen molar-refractivity contribution in [2.75, 3.05) is 0 Å². The van der Waals surface area contributed by atoms with E-state index in [1.165, 1.54) is 66.8 Å². The second-order valence-corrected chi connectivity index (χ2v) is 9.40. The normalized spacial score (nSPS) is 15.9. The molecule has 138 valence electrons. The van der Waals surface area contributed by atoms with E-state index in [1.54, 1.807) is 0 Å². The Morgan fingerprint density at radius 3 is 1.41 bits per heavy atom. The van der Waals surface area contributed by atoms with Gasteiger partial charge in [0.25, 0.3) is 0 Å². The van der Waals surface area contributed by atoms with Crippen LogP contribution in [-0.2, 0) is 18.3 Å². The molecule has 4 aromatic carbocycles. The minimum Gasteiger partial charge on any atom is -0.0619 e. The third-order valence-corrected chi connectivity index (χ3v) is 7.50. The van der Waals surface area contributed by atoms with Gasteiger partial charge in [-0.3, -0.25) is 0 Å². The molecule has 7 rings (SSSR count). The molecule has 0 nitrogen and oxygen atoms in total. The van der Waals surface area contributed by atoms with E-state index in [9.17, 15) is 0 Å². The van der Waals surface area contributed by atoms with Crippen LogP contribution in [0.3, 0.4) is 0 Å². The van der Waals surface area contributed by atoms with Crippen LogP contribution in [0.5, 0.6) is 0 Å². The summed E-state index contributed by atoms with van der Waals surface area (Å²) in [4.78, 5) is 0. The van der Waals surface area contributed by atoms with E-state index in [-0.39, 0.29) is 5.41 Å². The van der Waals surface area contributed by atoms with E-state index in [1.807, 2.05) is 0 Å². The first-order chi connectivity index (χ1) is 14.1. The van der Waals surface area contributed by atoms with Gasteiger partial charge < -0.3 is 0 Å². The van der Waals surface area contributed by atoms with E-state index in [2.05, 4.69) is 86.6 Å². The predicted octanol–water partition coefficient (Wildman–Crippen LogP) is 7.14. The van der Waals surface area contributed by atoms with Crippen molar-refractivity contribution >= 4 is 0 Å². The van der Waals surface area contributed by atoms with Crippen LogP contribution in [0.15, 0.2) is 72.8 Å². The molecule has 0 bridgehead atoms. The Bertz CT molecular complexity index is 1260. The van der Waals surface area contributed by atoms with Crippen molar-refractivity contribution in [1.29, 1.82) is 0 Å². The molecule has 0 spiro atoms. The summed E-state index contributed by atoms with van der Waals surface area (Å²) in [6.07, 6.45) is 2.12. The van der Waals surface area contributed by atoms with Crippen LogP contribution in [-0.4, -0.2) is 0 Å². The Morgan fingerprint density at radius 2 is 0.931 bits per heavy atom. The summed E-state index contributed by atoms with van der Waals surface area (Å²) < 4.78 is 0. The van der Waals surface area contributed by atoms with E-state index >= 15 is 0 Å². The molecule has 3 aliphatic rings. The standard InChI is InChI=1S/C29H22/c1-29(2)27-15-23-19(11-17-7-3-5-9-21(17)23)13-25(27)26-14-20-12-18-8-4-6-10-22(18)24(20)16-28(26)29/h3-10,13-16H,11-12H2,1-2H3. The SMILES string of the molecule is CC1(C)c2cc3c(cc2-c2cc4c(cc21)-c1ccccc1C4)Cc1ccccc1-3. The minimum absolute atomic E-state index is 0.0315. The first-order valence-corrected chi connectivity index (χ1v) is 10.6. The van der Waals surface area contributed by atoms with E-state index in [0.29, 0.717) is 0 Å². The number of benzene rings is 4. The van der Waals surface area contributed by atoms with Gasteiger partial charge in [-0.25, -0.2) is 0 Å². The van der Waals surface area contributed by atoms with Gasteiger partial charge in [0.15, 0.2) is 0 Å². The van der Waals surface area contributed by atoms with E-state index < -0.39 is 0 Å². The highest BCUT2D eigenvalue weighted by molar-refractivity contribution is 5.91. The molecular formula is C29H22. The number of rotatable bonds is 0. The molecule has 0 saturated carbocycles. The molecule has 0 heterocycles. The summed E-state index contributed by atoms with van der Waals surface area (Å²) >= 11 is 0.